The quantitative estimate of drug-likeness (QED) is 0.692. The molecule has 4 rings (SSSR count). The van der Waals surface area contributed by atoms with E-state index in [2.05, 4.69) is 15.3 Å². The number of hydrogen-bond acceptors (Lipinski definition) is 4. The van der Waals surface area contributed by atoms with Crippen LogP contribution < -0.4 is 10.9 Å². The van der Waals surface area contributed by atoms with Gasteiger partial charge < -0.3 is 10.3 Å². The highest BCUT2D eigenvalue weighted by Gasteiger charge is 2.54. The molecular weight excluding hydrogens is 390 g/mol. The second-order valence-corrected chi connectivity index (χ2v) is 7.62. The van der Waals surface area contributed by atoms with E-state index in [0.717, 1.165) is 6.07 Å². The molecule has 8 heteroatoms. The molecule has 2 heterocycles. The van der Waals surface area contributed by atoms with E-state index < -0.39 is 34.6 Å². The van der Waals surface area contributed by atoms with Crippen LogP contribution in [-0.2, 0) is 10.2 Å². The second kappa shape index (κ2) is 7.02. The molecule has 3 aromatic rings. The number of aryl methyl sites for hydroxylation is 1. The topological polar surface area (TPSA) is 98.6 Å². The molecule has 1 aliphatic rings. The maximum absolute atomic E-state index is 14.3. The summed E-state index contributed by atoms with van der Waals surface area (Å²) in [5.74, 6) is -1.54. The van der Waals surface area contributed by atoms with E-state index in [0.29, 0.717) is 34.9 Å². The smallest absolute Gasteiger partial charge is 0.252 e. The predicted molar refractivity (Wildman–Crippen MR) is 106 cm³/mol. The molecule has 0 saturated heterocycles. The first-order valence-corrected chi connectivity index (χ1v) is 9.46. The third kappa shape index (κ3) is 3.12. The summed E-state index contributed by atoms with van der Waals surface area (Å²) in [6.07, 6.45) is 2.15. The number of aromatic nitrogens is 2. The monoisotopic (exact) mass is 408 g/mol. The summed E-state index contributed by atoms with van der Waals surface area (Å²) >= 11 is 0. The van der Waals surface area contributed by atoms with E-state index in [1.165, 1.54) is 24.4 Å². The minimum atomic E-state index is -1.05. The summed E-state index contributed by atoms with van der Waals surface area (Å²) in [7, 11) is 0. The molecular formula is C22H18F2N4O2. The molecule has 1 atom stereocenters. The number of nitrogens with one attached hydrogen (secondary N) is 2. The molecule has 1 unspecified atom stereocenters. The fraction of sp³-hybridized carbons (Fsp3) is 0.273. The van der Waals surface area contributed by atoms with Crippen LogP contribution >= 0.6 is 0 Å². The van der Waals surface area contributed by atoms with Crippen LogP contribution in [0.1, 0.15) is 48.2 Å². The molecule has 0 bridgehead atoms. The van der Waals surface area contributed by atoms with Gasteiger partial charge in [-0.05, 0) is 56.5 Å². The number of carbonyl (C=O) groups is 1. The van der Waals surface area contributed by atoms with Crippen molar-refractivity contribution in [2.45, 2.75) is 38.1 Å². The average Bonchev–Trinajstić information content (AvgIpc) is 3.50. The van der Waals surface area contributed by atoms with Crippen LogP contribution in [0.2, 0.25) is 0 Å². The van der Waals surface area contributed by atoms with Gasteiger partial charge in [0.15, 0.2) is 0 Å². The lowest BCUT2D eigenvalue weighted by atomic mass is 9.90. The van der Waals surface area contributed by atoms with Gasteiger partial charge in [0, 0.05) is 22.7 Å². The molecule has 152 valence electrons. The lowest BCUT2D eigenvalue weighted by molar-refractivity contribution is -0.124. The maximum atomic E-state index is 14.3. The number of nitriles is 1. The number of aromatic amines is 1. The second-order valence-electron chi connectivity index (χ2n) is 7.62. The van der Waals surface area contributed by atoms with Gasteiger partial charge in [0.1, 0.15) is 17.7 Å². The van der Waals surface area contributed by atoms with Crippen molar-refractivity contribution in [3.05, 3.63) is 74.8 Å². The number of fused-ring (bicyclic) bond motifs is 1. The molecule has 1 aromatic carbocycles. The summed E-state index contributed by atoms with van der Waals surface area (Å²) < 4.78 is 28.0. The highest BCUT2D eigenvalue weighted by molar-refractivity contribution is 5.94. The Morgan fingerprint density at radius 1 is 1.33 bits per heavy atom. The van der Waals surface area contributed by atoms with Gasteiger partial charge in [-0.2, -0.15) is 5.26 Å². The molecule has 6 nitrogen and oxygen atoms in total. The van der Waals surface area contributed by atoms with Crippen LogP contribution in [0.25, 0.3) is 10.9 Å². The van der Waals surface area contributed by atoms with Gasteiger partial charge in [-0.1, -0.05) is 0 Å². The van der Waals surface area contributed by atoms with E-state index >= 15 is 0 Å². The van der Waals surface area contributed by atoms with Crippen LogP contribution in [0.3, 0.4) is 0 Å². The summed E-state index contributed by atoms with van der Waals surface area (Å²) in [4.78, 5) is 32.6. The Balaban J connectivity index is 1.69. The number of carbonyl (C=O) groups excluding carboxylic acids is 1. The SMILES string of the molecule is Cc1c(C2(C(=O)NC(C)c3ncc(C#N)cc3F)CC2)c(=O)[nH]c2ccc(F)cc12. The fourth-order valence-corrected chi connectivity index (χ4v) is 3.95. The van der Waals surface area contributed by atoms with Gasteiger partial charge in [-0.3, -0.25) is 14.6 Å². The standard InChI is InChI=1S/C22H18F2N4O2/c1-11-15-8-14(23)3-4-17(15)28-20(29)18(11)22(5-6-22)21(30)27-12(2)19-16(24)7-13(9-25)10-26-19/h3-4,7-8,10,12H,5-6H2,1-2H3,(H,27,30)(H,28,29). The van der Waals surface area contributed by atoms with Crippen LogP contribution in [0.5, 0.6) is 0 Å². The number of pyridine rings is 2. The van der Waals surface area contributed by atoms with Crippen molar-refractivity contribution in [2.75, 3.05) is 0 Å². The number of benzene rings is 1. The molecule has 0 radical (unpaired) electrons. The third-order valence-corrected chi connectivity index (χ3v) is 5.66. The highest BCUT2D eigenvalue weighted by atomic mass is 19.1. The number of H-pyrrole nitrogens is 1. The van der Waals surface area contributed by atoms with Gasteiger partial charge >= 0.3 is 0 Å². The molecule has 1 aliphatic carbocycles. The van der Waals surface area contributed by atoms with E-state index in [4.69, 9.17) is 5.26 Å². The van der Waals surface area contributed by atoms with E-state index in [1.54, 1.807) is 19.9 Å². The van der Waals surface area contributed by atoms with Crippen LogP contribution in [-0.4, -0.2) is 15.9 Å². The maximum Gasteiger partial charge on any atom is 0.252 e. The number of nitrogens with zero attached hydrogens (tertiary/aromatic N) is 2. The summed E-state index contributed by atoms with van der Waals surface area (Å²) in [5.41, 5.74) is -0.000923. The van der Waals surface area contributed by atoms with E-state index in [9.17, 15) is 18.4 Å². The minimum Gasteiger partial charge on any atom is -0.347 e. The van der Waals surface area contributed by atoms with Crippen molar-refractivity contribution < 1.29 is 13.6 Å². The summed E-state index contributed by atoms with van der Waals surface area (Å²) in [6.45, 7) is 3.28. The van der Waals surface area contributed by atoms with Crippen molar-refractivity contribution in [1.82, 2.24) is 15.3 Å². The third-order valence-electron chi connectivity index (χ3n) is 5.66. The Bertz CT molecular complexity index is 1290. The molecule has 2 N–H and O–H groups in total. The Morgan fingerprint density at radius 3 is 2.70 bits per heavy atom. The Morgan fingerprint density at radius 2 is 2.07 bits per heavy atom. The van der Waals surface area contributed by atoms with Gasteiger partial charge in [0.05, 0.1) is 22.7 Å². The number of halogens is 2. The lowest BCUT2D eigenvalue weighted by Gasteiger charge is -2.21. The first-order valence-electron chi connectivity index (χ1n) is 9.46. The van der Waals surface area contributed by atoms with Crippen molar-refractivity contribution in [2.24, 2.45) is 0 Å². The number of rotatable bonds is 4. The normalized spacial score (nSPS) is 15.4. The minimum absolute atomic E-state index is 0.00404. The molecule has 0 spiro atoms. The van der Waals surface area contributed by atoms with Crippen molar-refractivity contribution in [3.8, 4) is 6.07 Å². The predicted octanol–water partition coefficient (Wildman–Crippen LogP) is 3.29. The summed E-state index contributed by atoms with van der Waals surface area (Å²) in [6, 6.07) is 6.18. The molecule has 1 saturated carbocycles. The Labute approximate surface area is 170 Å². The number of hydrogen-bond donors (Lipinski definition) is 2. The van der Waals surface area contributed by atoms with Crippen molar-refractivity contribution in [3.63, 3.8) is 0 Å². The molecule has 0 aliphatic heterocycles. The molecule has 2 aromatic heterocycles. The average molecular weight is 408 g/mol. The first kappa shape index (κ1) is 19.7. The Hall–Kier alpha value is -3.60. The largest absolute Gasteiger partial charge is 0.347 e. The van der Waals surface area contributed by atoms with Crippen LogP contribution in [0, 0.1) is 29.9 Å². The Kier molecular flexibility index (Phi) is 4.61. The van der Waals surface area contributed by atoms with Crippen molar-refractivity contribution in [1.29, 1.82) is 5.26 Å². The highest BCUT2D eigenvalue weighted by Crippen LogP contribution is 2.49. The van der Waals surface area contributed by atoms with Crippen LogP contribution in [0.15, 0.2) is 35.3 Å². The number of amides is 1. The van der Waals surface area contributed by atoms with E-state index in [1.807, 2.05) is 0 Å². The molecule has 1 amide bonds. The molecule has 30 heavy (non-hydrogen) atoms. The van der Waals surface area contributed by atoms with E-state index in [-0.39, 0.29) is 11.3 Å². The van der Waals surface area contributed by atoms with Gasteiger partial charge in [-0.25, -0.2) is 8.78 Å². The zero-order valence-corrected chi connectivity index (χ0v) is 16.3. The molecule has 1 fully saturated rings. The summed E-state index contributed by atoms with van der Waals surface area (Å²) in [5, 5.41) is 12.1. The zero-order valence-electron chi connectivity index (χ0n) is 16.3. The van der Waals surface area contributed by atoms with Crippen LogP contribution in [0.4, 0.5) is 8.78 Å². The van der Waals surface area contributed by atoms with Gasteiger partial charge in [-0.15, -0.1) is 0 Å². The zero-order chi connectivity index (χ0) is 21.6. The van der Waals surface area contributed by atoms with Gasteiger partial charge in [0.2, 0.25) is 5.91 Å². The van der Waals surface area contributed by atoms with Gasteiger partial charge in [0.25, 0.3) is 5.56 Å². The lowest BCUT2D eigenvalue weighted by Crippen LogP contribution is -2.40. The first-order chi connectivity index (χ1) is 14.3. The fourth-order valence-electron chi connectivity index (χ4n) is 3.95. The van der Waals surface area contributed by atoms with Crippen molar-refractivity contribution >= 4 is 16.8 Å².